The Morgan fingerprint density at radius 2 is 2.00 bits per heavy atom. The molecule has 0 amide bonds. The van der Waals surface area contributed by atoms with Crippen molar-refractivity contribution in [2.24, 2.45) is 0 Å². The summed E-state index contributed by atoms with van der Waals surface area (Å²) in [6.07, 6.45) is 2.14. The summed E-state index contributed by atoms with van der Waals surface area (Å²) in [5.41, 5.74) is 2.01. The number of phenolic OH excluding ortho intramolecular Hbond substituents is 1. The van der Waals surface area contributed by atoms with Gasteiger partial charge >= 0.3 is 5.69 Å². The minimum atomic E-state index is 0.0709. The molecule has 0 fully saturated rings. The van der Waals surface area contributed by atoms with Crippen LogP contribution in [0.3, 0.4) is 0 Å². The van der Waals surface area contributed by atoms with Crippen molar-refractivity contribution in [3.05, 3.63) is 64.9 Å². The molecule has 22 heavy (non-hydrogen) atoms. The first-order valence-electron chi connectivity index (χ1n) is 6.81. The number of ether oxygens (including phenoxy) is 1. The van der Waals surface area contributed by atoms with Crippen LogP contribution in [0.15, 0.2) is 48.7 Å². The van der Waals surface area contributed by atoms with Crippen LogP contribution in [-0.4, -0.2) is 17.2 Å². The normalized spacial score (nSPS) is 10.4. The van der Waals surface area contributed by atoms with Crippen molar-refractivity contribution in [2.45, 2.75) is 6.42 Å². The van der Waals surface area contributed by atoms with Crippen molar-refractivity contribution in [3.63, 3.8) is 0 Å². The van der Waals surface area contributed by atoms with Gasteiger partial charge in [0.05, 0.1) is 18.4 Å². The zero-order chi connectivity index (χ0) is 15.5. The van der Waals surface area contributed by atoms with Crippen molar-refractivity contribution in [1.29, 1.82) is 5.39 Å². The molecule has 2 aromatic carbocycles. The van der Waals surface area contributed by atoms with Crippen LogP contribution in [0.2, 0.25) is 0 Å². The quantitative estimate of drug-likeness (QED) is 0.740. The Kier molecular flexibility index (Phi) is 3.58. The first-order chi connectivity index (χ1) is 10.7. The summed E-state index contributed by atoms with van der Waals surface area (Å²) in [5, 5.41) is 21.0. The van der Waals surface area contributed by atoms with Gasteiger partial charge in [0.25, 0.3) is 0 Å². The van der Waals surface area contributed by atoms with Gasteiger partial charge in [0.15, 0.2) is 16.5 Å². The van der Waals surface area contributed by atoms with E-state index in [9.17, 15) is 5.11 Å². The summed E-state index contributed by atoms with van der Waals surface area (Å²) in [4.78, 5) is 7.66. The molecule has 3 rings (SSSR count). The molecule has 0 atom stereocenters. The first-order valence-corrected chi connectivity index (χ1v) is 6.81. The number of phenols is 1. The third kappa shape index (κ3) is 2.31. The fourth-order valence-corrected chi connectivity index (χ4v) is 2.54. The van der Waals surface area contributed by atoms with Gasteiger partial charge in [-0.15, -0.1) is 0 Å². The highest BCUT2D eigenvalue weighted by Crippen LogP contribution is 2.36. The Balaban J connectivity index is 2.17. The van der Waals surface area contributed by atoms with Crippen molar-refractivity contribution < 1.29 is 9.84 Å². The summed E-state index contributed by atoms with van der Waals surface area (Å²) in [7, 11) is 1.51. The van der Waals surface area contributed by atoms with E-state index in [0.717, 1.165) is 10.9 Å². The molecule has 0 bridgehead atoms. The maximum Gasteiger partial charge on any atom is 0.388 e. The molecule has 0 spiro atoms. The Labute approximate surface area is 127 Å². The Morgan fingerprint density at radius 1 is 1.18 bits per heavy atom. The summed E-state index contributed by atoms with van der Waals surface area (Å²) in [5.74, 6) is 0.475. The topological polar surface area (TPSA) is 70.5 Å². The van der Waals surface area contributed by atoms with E-state index in [2.05, 4.69) is 9.96 Å². The van der Waals surface area contributed by atoms with Gasteiger partial charge in [-0.3, -0.25) is 4.98 Å². The predicted octanol–water partition coefficient (Wildman–Crippen LogP) is 4.02. The van der Waals surface area contributed by atoms with Gasteiger partial charge in [-0.25, -0.2) is 0 Å². The average molecular weight is 292 g/mol. The highest BCUT2D eigenvalue weighted by Gasteiger charge is 2.17. The molecule has 0 saturated carbocycles. The van der Waals surface area contributed by atoms with E-state index in [4.69, 9.17) is 10.1 Å². The molecule has 1 heterocycles. The van der Waals surface area contributed by atoms with Gasteiger partial charge in [-0.1, -0.05) is 24.3 Å². The highest BCUT2D eigenvalue weighted by molar-refractivity contribution is 5.92. The zero-order valence-corrected chi connectivity index (χ0v) is 12.0. The first kappa shape index (κ1) is 13.8. The molecule has 0 aliphatic heterocycles. The summed E-state index contributed by atoms with van der Waals surface area (Å²) in [6.45, 7) is 0. The molecule has 0 aliphatic carbocycles. The summed E-state index contributed by atoms with van der Waals surface area (Å²) < 4.78 is 5.17. The van der Waals surface area contributed by atoms with E-state index < -0.39 is 0 Å². The molecular formula is C17H14N3O2+. The maximum absolute atomic E-state index is 10.4. The second-order valence-corrected chi connectivity index (χ2v) is 4.88. The SMILES string of the molecule is COc1ccc2ccnc(Cc3ccccc3[N+]#N)c2c1O. The van der Waals surface area contributed by atoms with E-state index >= 15 is 0 Å². The average Bonchev–Trinajstić information content (AvgIpc) is 2.56. The lowest BCUT2D eigenvalue weighted by atomic mass is 10.0. The van der Waals surface area contributed by atoms with Gasteiger partial charge in [-0.05, 0) is 17.5 Å². The van der Waals surface area contributed by atoms with Gasteiger partial charge < -0.3 is 9.84 Å². The molecular weight excluding hydrogens is 278 g/mol. The minimum Gasteiger partial charge on any atom is -0.504 e. The van der Waals surface area contributed by atoms with E-state index in [0.29, 0.717) is 28.9 Å². The fraction of sp³-hybridized carbons (Fsp3) is 0.118. The van der Waals surface area contributed by atoms with E-state index in [1.807, 2.05) is 24.3 Å². The molecule has 0 aliphatic rings. The lowest BCUT2D eigenvalue weighted by Gasteiger charge is -2.10. The van der Waals surface area contributed by atoms with Crippen molar-refractivity contribution in [1.82, 2.24) is 4.98 Å². The number of hydrogen-bond donors (Lipinski definition) is 1. The van der Waals surface area contributed by atoms with E-state index in [1.54, 1.807) is 24.4 Å². The standard InChI is InChI=1S/C17H13N3O2/c1-22-15-7-6-11-8-9-19-14(16(11)17(15)21)10-12-4-2-3-5-13(12)20-18/h2-9H,10H2,1H3/p+1. The number of diazo groups is 1. The second-order valence-electron chi connectivity index (χ2n) is 4.88. The molecule has 5 nitrogen and oxygen atoms in total. The number of methoxy groups -OCH3 is 1. The third-order valence-corrected chi connectivity index (χ3v) is 3.62. The van der Waals surface area contributed by atoms with Crippen LogP contribution in [0.5, 0.6) is 11.5 Å². The van der Waals surface area contributed by atoms with E-state index in [-0.39, 0.29) is 5.75 Å². The number of benzene rings is 2. The Hall–Kier alpha value is -3.13. The number of aromatic nitrogens is 1. The summed E-state index contributed by atoms with van der Waals surface area (Å²) in [6, 6.07) is 12.7. The summed E-state index contributed by atoms with van der Waals surface area (Å²) >= 11 is 0. The largest absolute Gasteiger partial charge is 0.504 e. The number of aromatic hydroxyl groups is 1. The fourth-order valence-electron chi connectivity index (χ4n) is 2.54. The minimum absolute atomic E-state index is 0.0709. The van der Waals surface area contributed by atoms with Gasteiger partial charge in [0.2, 0.25) is 5.39 Å². The maximum atomic E-state index is 10.4. The number of hydrogen-bond acceptors (Lipinski definition) is 4. The Morgan fingerprint density at radius 3 is 2.77 bits per heavy atom. The third-order valence-electron chi connectivity index (χ3n) is 3.62. The molecule has 0 radical (unpaired) electrons. The van der Waals surface area contributed by atoms with Crippen molar-refractivity contribution in [3.8, 4) is 11.5 Å². The molecule has 108 valence electrons. The van der Waals surface area contributed by atoms with Crippen LogP contribution in [0, 0.1) is 5.39 Å². The van der Waals surface area contributed by atoms with Crippen LogP contribution in [0.25, 0.3) is 15.7 Å². The smallest absolute Gasteiger partial charge is 0.388 e. The second kappa shape index (κ2) is 5.70. The number of pyridine rings is 1. The molecule has 0 saturated heterocycles. The highest BCUT2D eigenvalue weighted by atomic mass is 16.5. The van der Waals surface area contributed by atoms with Crippen LogP contribution < -0.4 is 4.74 Å². The Bertz CT molecular complexity index is 885. The number of fused-ring (bicyclic) bond motifs is 1. The molecule has 1 aromatic heterocycles. The van der Waals surface area contributed by atoms with Crippen molar-refractivity contribution >= 4 is 16.5 Å². The molecule has 1 N–H and O–H groups in total. The zero-order valence-electron chi connectivity index (χ0n) is 12.0. The van der Waals surface area contributed by atoms with Crippen molar-refractivity contribution in [2.75, 3.05) is 7.11 Å². The van der Waals surface area contributed by atoms with Crippen LogP contribution in [0.1, 0.15) is 11.3 Å². The van der Waals surface area contributed by atoms with E-state index in [1.165, 1.54) is 7.11 Å². The van der Waals surface area contributed by atoms with Gasteiger partial charge in [0, 0.05) is 24.1 Å². The van der Waals surface area contributed by atoms with Gasteiger partial charge in [0.1, 0.15) is 0 Å². The van der Waals surface area contributed by atoms with Gasteiger partial charge in [-0.2, -0.15) is 0 Å². The lowest BCUT2D eigenvalue weighted by Crippen LogP contribution is -1.95. The molecule has 0 unspecified atom stereocenters. The molecule has 5 heteroatoms. The monoisotopic (exact) mass is 292 g/mol. The van der Waals surface area contributed by atoms with Crippen LogP contribution in [0.4, 0.5) is 5.69 Å². The van der Waals surface area contributed by atoms with Crippen LogP contribution >= 0.6 is 0 Å². The van der Waals surface area contributed by atoms with Crippen LogP contribution in [-0.2, 0) is 6.42 Å². The molecule has 3 aromatic rings. The number of nitrogens with zero attached hydrogens (tertiary/aromatic N) is 3. The number of rotatable bonds is 3. The lowest BCUT2D eigenvalue weighted by molar-refractivity contribution is 0.376. The predicted molar refractivity (Wildman–Crippen MR) is 84.0 cm³/mol.